The van der Waals surface area contributed by atoms with Crippen LogP contribution in [0.25, 0.3) is 0 Å². The van der Waals surface area contributed by atoms with Crippen LogP contribution >= 0.6 is 12.2 Å². The summed E-state index contributed by atoms with van der Waals surface area (Å²) in [4.78, 5) is 4.91. The topological polar surface area (TPSA) is 71.2 Å². The number of aliphatic hydroxyl groups excluding tert-OH is 1. The summed E-state index contributed by atoms with van der Waals surface area (Å²) >= 11 is 5.12. The van der Waals surface area contributed by atoms with Crippen LogP contribution in [0.4, 0.5) is 5.82 Å². The lowest BCUT2D eigenvalue weighted by Crippen LogP contribution is -2.30. The minimum absolute atomic E-state index is 0.152. The molecule has 1 saturated carbocycles. The molecule has 0 radical (unpaired) electrons. The first-order valence-electron chi connectivity index (χ1n) is 6.70. The van der Waals surface area contributed by atoms with Crippen LogP contribution < -0.4 is 11.1 Å². The Bertz CT molecular complexity index is 482. The van der Waals surface area contributed by atoms with Crippen molar-refractivity contribution < 1.29 is 5.11 Å². The molecule has 2 rings (SSSR count). The van der Waals surface area contributed by atoms with Crippen molar-refractivity contribution in [1.82, 2.24) is 4.98 Å². The number of hydrogen-bond donors (Lipinski definition) is 3. The van der Waals surface area contributed by atoms with E-state index in [-0.39, 0.29) is 6.10 Å². The fourth-order valence-corrected chi connectivity index (χ4v) is 2.92. The van der Waals surface area contributed by atoms with E-state index in [1.807, 2.05) is 19.9 Å². The van der Waals surface area contributed by atoms with Crippen LogP contribution in [0.15, 0.2) is 6.07 Å². The molecule has 4 nitrogen and oxygen atoms in total. The van der Waals surface area contributed by atoms with E-state index in [0.29, 0.717) is 11.0 Å². The first-order valence-corrected chi connectivity index (χ1v) is 7.11. The van der Waals surface area contributed by atoms with Crippen molar-refractivity contribution in [2.24, 2.45) is 5.73 Å². The Kier molecular flexibility index (Phi) is 4.37. The number of rotatable bonds is 3. The average Bonchev–Trinajstić information content (AvgIpc) is 2.30. The minimum atomic E-state index is -0.152. The molecule has 4 N–H and O–H groups in total. The maximum Gasteiger partial charge on any atom is 0.136 e. The number of anilines is 1. The summed E-state index contributed by atoms with van der Waals surface area (Å²) in [6.07, 6.45) is 3.43. The predicted octanol–water partition coefficient (Wildman–Crippen LogP) is 2.05. The van der Waals surface area contributed by atoms with Crippen LogP contribution in [-0.4, -0.2) is 27.2 Å². The van der Waals surface area contributed by atoms with Gasteiger partial charge in [0.25, 0.3) is 0 Å². The molecule has 0 aromatic carbocycles. The van der Waals surface area contributed by atoms with E-state index in [9.17, 15) is 5.11 Å². The van der Waals surface area contributed by atoms with Crippen molar-refractivity contribution in [1.29, 1.82) is 0 Å². The van der Waals surface area contributed by atoms with Gasteiger partial charge in [0.05, 0.1) is 11.7 Å². The third kappa shape index (κ3) is 3.42. The number of pyridine rings is 1. The first kappa shape index (κ1) is 14.2. The van der Waals surface area contributed by atoms with Crippen LogP contribution in [0, 0.1) is 13.8 Å². The summed E-state index contributed by atoms with van der Waals surface area (Å²) in [5.74, 6) is 0.784. The van der Waals surface area contributed by atoms with Gasteiger partial charge in [0.1, 0.15) is 10.8 Å². The number of hydrogen-bond acceptors (Lipinski definition) is 4. The van der Waals surface area contributed by atoms with E-state index in [0.717, 1.165) is 48.3 Å². The summed E-state index contributed by atoms with van der Waals surface area (Å²) in [7, 11) is 0. The van der Waals surface area contributed by atoms with Gasteiger partial charge in [-0.3, -0.25) is 0 Å². The Balaban J connectivity index is 2.21. The predicted molar refractivity (Wildman–Crippen MR) is 81.5 cm³/mol. The lowest BCUT2D eigenvalue weighted by atomic mass is 9.93. The molecule has 0 aliphatic heterocycles. The van der Waals surface area contributed by atoms with Crippen LogP contribution in [0.3, 0.4) is 0 Å². The summed E-state index contributed by atoms with van der Waals surface area (Å²) in [5, 5.41) is 13.0. The molecular formula is C14H21N3OS. The van der Waals surface area contributed by atoms with Gasteiger partial charge in [-0.15, -0.1) is 0 Å². The third-order valence-corrected chi connectivity index (χ3v) is 3.83. The Morgan fingerprint density at radius 3 is 2.58 bits per heavy atom. The molecule has 1 fully saturated rings. The Morgan fingerprint density at radius 1 is 1.37 bits per heavy atom. The summed E-state index contributed by atoms with van der Waals surface area (Å²) in [6.45, 7) is 3.96. The van der Waals surface area contributed by atoms with E-state index in [2.05, 4.69) is 10.3 Å². The van der Waals surface area contributed by atoms with Gasteiger partial charge in [-0.25, -0.2) is 4.98 Å². The second kappa shape index (κ2) is 5.84. The normalized spacial score (nSPS) is 23.1. The second-order valence-corrected chi connectivity index (χ2v) is 5.76. The molecule has 0 unspecified atom stereocenters. The molecule has 0 bridgehead atoms. The zero-order chi connectivity index (χ0) is 14.0. The fourth-order valence-electron chi connectivity index (χ4n) is 2.67. The minimum Gasteiger partial charge on any atom is -0.393 e. The fraction of sp³-hybridized carbons (Fsp3) is 0.571. The number of thiocarbonyl (C=S) groups is 1. The highest BCUT2D eigenvalue weighted by molar-refractivity contribution is 7.80. The molecule has 1 aromatic rings. The van der Waals surface area contributed by atoms with Gasteiger partial charge in [0.15, 0.2) is 0 Å². The molecule has 0 spiro atoms. The van der Waals surface area contributed by atoms with Crippen molar-refractivity contribution in [3.05, 3.63) is 22.9 Å². The third-order valence-electron chi connectivity index (χ3n) is 3.63. The van der Waals surface area contributed by atoms with Gasteiger partial charge in [0, 0.05) is 11.7 Å². The summed E-state index contributed by atoms with van der Waals surface area (Å²) in [6, 6.07) is 2.33. The highest BCUT2D eigenvalue weighted by Crippen LogP contribution is 2.25. The van der Waals surface area contributed by atoms with Gasteiger partial charge in [-0.2, -0.15) is 0 Å². The molecule has 104 valence electrons. The van der Waals surface area contributed by atoms with Crippen molar-refractivity contribution in [3.63, 3.8) is 0 Å². The van der Waals surface area contributed by atoms with Gasteiger partial charge in [-0.1, -0.05) is 12.2 Å². The first-order chi connectivity index (χ1) is 8.97. The van der Waals surface area contributed by atoms with E-state index >= 15 is 0 Å². The molecule has 0 saturated heterocycles. The van der Waals surface area contributed by atoms with Gasteiger partial charge in [-0.05, 0) is 51.2 Å². The number of nitrogens with two attached hydrogens (primary N) is 1. The Hall–Kier alpha value is -1.20. The van der Waals surface area contributed by atoms with Gasteiger partial charge >= 0.3 is 0 Å². The van der Waals surface area contributed by atoms with Crippen LogP contribution in [0.2, 0.25) is 0 Å². The number of aryl methyl sites for hydroxylation is 2. The van der Waals surface area contributed by atoms with Gasteiger partial charge in [0.2, 0.25) is 0 Å². The Labute approximate surface area is 119 Å². The van der Waals surface area contributed by atoms with Gasteiger partial charge < -0.3 is 16.2 Å². The average molecular weight is 279 g/mol. The number of aromatic nitrogens is 1. The lowest BCUT2D eigenvalue weighted by Gasteiger charge is -2.27. The van der Waals surface area contributed by atoms with Crippen LogP contribution in [0.5, 0.6) is 0 Å². The second-order valence-electron chi connectivity index (χ2n) is 5.32. The smallest absolute Gasteiger partial charge is 0.136 e. The molecule has 1 aromatic heterocycles. The summed E-state index contributed by atoms with van der Waals surface area (Å²) in [5.41, 5.74) is 8.65. The highest BCUT2D eigenvalue weighted by Gasteiger charge is 2.21. The number of aliphatic hydroxyl groups is 1. The van der Waals surface area contributed by atoms with E-state index in [1.165, 1.54) is 0 Å². The van der Waals surface area contributed by atoms with Crippen molar-refractivity contribution in [3.8, 4) is 0 Å². The zero-order valence-corrected chi connectivity index (χ0v) is 12.3. The van der Waals surface area contributed by atoms with Crippen molar-refractivity contribution in [2.75, 3.05) is 5.32 Å². The van der Waals surface area contributed by atoms with Crippen molar-refractivity contribution >= 4 is 23.0 Å². The number of nitrogens with zero attached hydrogens (tertiary/aromatic N) is 1. The molecule has 0 atom stereocenters. The molecule has 19 heavy (non-hydrogen) atoms. The molecule has 0 amide bonds. The monoisotopic (exact) mass is 279 g/mol. The largest absolute Gasteiger partial charge is 0.393 e. The standard InChI is InChI=1S/C14H21N3OS/c1-8-7-9(2)16-14(12(8)13(15)19)17-10-3-5-11(18)6-4-10/h7,10-11,18H,3-6H2,1-2H3,(H2,15,19)(H,16,17). The van der Waals surface area contributed by atoms with Crippen molar-refractivity contribution in [2.45, 2.75) is 51.7 Å². The van der Waals surface area contributed by atoms with Crippen LogP contribution in [-0.2, 0) is 0 Å². The van der Waals surface area contributed by atoms with E-state index in [4.69, 9.17) is 18.0 Å². The highest BCUT2D eigenvalue weighted by atomic mass is 32.1. The Morgan fingerprint density at radius 2 is 2.00 bits per heavy atom. The maximum absolute atomic E-state index is 9.54. The lowest BCUT2D eigenvalue weighted by molar-refractivity contribution is 0.126. The molecule has 1 aliphatic carbocycles. The molecule has 5 heteroatoms. The SMILES string of the molecule is Cc1cc(C)c(C(N)=S)c(NC2CCC(O)CC2)n1. The molecule has 1 aliphatic rings. The summed E-state index contributed by atoms with van der Waals surface area (Å²) < 4.78 is 0. The zero-order valence-electron chi connectivity index (χ0n) is 11.4. The maximum atomic E-state index is 9.54. The van der Waals surface area contributed by atoms with E-state index < -0.39 is 0 Å². The van der Waals surface area contributed by atoms with E-state index in [1.54, 1.807) is 0 Å². The quantitative estimate of drug-likeness (QED) is 0.739. The molecule has 1 heterocycles. The number of nitrogens with one attached hydrogen (secondary N) is 1. The molecular weight excluding hydrogens is 258 g/mol. The van der Waals surface area contributed by atoms with Crippen LogP contribution in [0.1, 0.15) is 42.5 Å².